The molecule has 1 N–H and O–H groups in total. The molecule has 0 spiro atoms. The van der Waals surface area contributed by atoms with Crippen molar-refractivity contribution in [3.63, 3.8) is 0 Å². The van der Waals surface area contributed by atoms with E-state index >= 15 is 0 Å². The lowest BCUT2D eigenvalue weighted by Gasteiger charge is -2.07. The standard InChI is InChI=1S/C12H10ClFN2O/c1-2-8-11(15-6-16-12(8)17)9-4-3-7(14)5-10(9)13/h3-6H,2H2,1H3,(H,15,16,17). The molecule has 0 bridgehead atoms. The first-order valence-corrected chi connectivity index (χ1v) is 5.53. The first-order chi connectivity index (χ1) is 8.13. The third-order valence-electron chi connectivity index (χ3n) is 2.49. The molecule has 5 heteroatoms. The van der Waals surface area contributed by atoms with Crippen molar-refractivity contribution in [1.82, 2.24) is 9.97 Å². The van der Waals surface area contributed by atoms with Gasteiger partial charge in [0.1, 0.15) is 5.82 Å². The molecule has 0 radical (unpaired) electrons. The molecule has 0 aliphatic heterocycles. The van der Waals surface area contributed by atoms with Gasteiger partial charge in [0.15, 0.2) is 0 Å². The molecule has 17 heavy (non-hydrogen) atoms. The summed E-state index contributed by atoms with van der Waals surface area (Å²) in [6.07, 6.45) is 1.85. The third-order valence-corrected chi connectivity index (χ3v) is 2.80. The average Bonchev–Trinajstić information content (AvgIpc) is 2.29. The highest BCUT2D eigenvalue weighted by Gasteiger charge is 2.12. The van der Waals surface area contributed by atoms with Gasteiger partial charge in [-0.2, -0.15) is 0 Å². The number of nitrogens with one attached hydrogen (secondary N) is 1. The van der Waals surface area contributed by atoms with Gasteiger partial charge in [-0.3, -0.25) is 4.79 Å². The minimum absolute atomic E-state index is 0.196. The average molecular weight is 253 g/mol. The molecule has 0 aliphatic rings. The van der Waals surface area contributed by atoms with Crippen LogP contribution in [0.2, 0.25) is 5.02 Å². The van der Waals surface area contributed by atoms with Crippen molar-refractivity contribution >= 4 is 11.6 Å². The lowest BCUT2D eigenvalue weighted by molar-refractivity contribution is 0.628. The zero-order valence-electron chi connectivity index (χ0n) is 9.13. The van der Waals surface area contributed by atoms with Crippen LogP contribution in [-0.4, -0.2) is 9.97 Å². The van der Waals surface area contributed by atoms with Crippen LogP contribution in [0.15, 0.2) is 29.3 Å². The van der Waals surface area contributed by atoms with Gasteiger partial charge >= 0.3 is 0 Å². The second kappa shape index (κ2) is 4.67. The Morgan fingerprint density at radius 2 is 2.24 bits per heavy atom. The Labute approximate surface area is 102 Å². The van der Waals surface area contributed by atoms with E-state index in [1.165, 1.54) is 24.5 Å². The summed E-state index contributed by atoms with van der Waals surface area (Å²) in [6.45, 7) is 1.85. The van der Waals surface area contributed by atoms with Crippen LogP contribution in [0.3, 0.4) is 0 Å². The van der Waals surface area contributed by atoms with Crippen LogP contribution in [0.25, 0.3) is 11.3 Å². The van der Waals surface area contributed by atoms with Crippen LogP contribution in [0.5, 0.6) is 0 Å². The van der Waals surface area contributed by atoms with Gasteiger partial charge in [-0.1, -0.05) is 18.5 Å². The summed E-state index contributed by atoms with van der Waals surface area (Å²) in [5.41, 5.74) is 1.41. The molecule has 0 unspecified atom stereocenters. The molecule has 2 aromatic rings. The Balaban J connectivity index is 2.68. The molecular weight excluding hydrogens is 243 g/mol. The van der Waals surface area contributed by atoms with Gasteiger partial charge in [0.25, 0.3) is 5.56 Å². The van der Waals surface area contributed by atoms with Gasteiger partial charge in [-0.15, -0.1) is 0 Å². The molecular formula is C12H10ClFN2O. The lowest BCUT2D eigenvalue weighted by Crippen LogP contribution is -2.14. The zero-order chi connectivity index (χ0) is 12.4. The van der Waals surface area contributed by atoms with Gasteiger partial charge in [-0.05, 0) is 24.6 Å². The Morgan fingerprint density at radius 3 is 2.88 bits per heavy atom. The fourth-order valence-corrected chi connectivity index (χ4v) is 1.93. The van der Waals surface area contributed by atoms with E-state index in [4.69, 9.17) is 11.6 Å². The van der Waals surface area contributed by atoms with Crippen LogP contribution in [0.4, 0.5) is 4.39 Å². The fourth-order valence-electron chi connectivity index (χ4n) is 1.67. The highest BCUT2D eigenvalue weighted by Crippen LogP contribution is 2.28. The van der Waals surface area contributed by atoms with Crippen molar-refractivity contribution in [3.8, 4) is 11.3 Å². The number of hydrogen-bond acceptors (Lipinski definition) is 2. The summed E-state index contributed by atoms with van der Waals surface area (Å²) in [6, 6.07) is 4.03. The minimum Gasteiger partial charge on any atom is -0.313 e. The van der Waals surface area contributed by atoms with E-state index in [1.807, 2.05) is 6.92 Å². The number of H-pyrrole nitrogens is 1. The van der Waals surface area contributed by atoms with Gasteiger partial charge < -0.3 is 4.98 Å². The zero-order valence-corrected chi connectivity index (χ0v) is 9.88. The Morgan fingerprint density at radius 1 is 1.47 bits per heavy atom. The van der Waals surface area contributed by atoms with E-state index in [0.717, 1.165) is 0 Å². The SMILES string of the molecule is CCc1c(-c2ccc(F)cc2Cl)nc[nH]c1=O. The second-order valence-corrected chi connectivity index (χ2v) is 3.94. The second-order valence-electron chi connectivity index (χ2n) is 3.54. The molecule has 2 rings (SSSR count). The van der Waals surface area contributed by atoms with Crippen molar-refractivity contribution in [3.05, 3.63) is 51.3 Å². The summed E-state index contributed by atoms with van der Waals surface area (Å²) < 4.78 is 13.0. The molecule has 0 saturated heterocycles. The summed E-state index contributed by atoms with van der Waals surface area (Å²) in [4.78, 5) is 18.2. The predicted octanol–water partition coefficient (Wildman–Crippen LogP) is 2.79. The Hall–Kier alpha value is -1.68. The van der Waals surface area contributed by atoms with Crippen LogP contribution in [-0.2, 0) is 6.42 Å². The van der Waals surface area contributed by atoms with E-state index in [2.05, 4.69) is 9.97 Å². The van der Waals surface area contributed by atoms with E-state index in [-0.39, 0.29) is 10.6 Å². The Kier molecular flexibility index (Phi) is 3.24. The maximum atomic E-state index is 13.0. The lowest BCUT2D eigenvalue weighted by atomic mass is 10.1. The van der Waals surface area contributed by atoms with Crippen LogP contribution in [0.1, 0.15) is 12.5 Å². The summed E-state index contributed by atoms with van der Waals surface area (Å²) in [5, 5.41) is 0.248. The highest BCUT2D eigenvalue weighted by atomic mass is 35.5. The first kappa shape index (κ1) is 11.8. The van der Waals surface area contributed by atoms with Crippen molar-refractivity contribution in [2.45, 2.75) is 13.3 Å². The van der Waals surface area contributed by atoms with Gasteiger partial charge in [0.05, 0.1) is 17.0 Å². The number of halogens is 2. The molecule has 1 heterocycles. The molecule has 0 atom stereocenters. The van der Waals surface area contributed by atoms with E-state index in [0.29, 0.717) is 23.2 Å². The summed E-state index contributed by atoms with van der Waals surface area (Å²) >= 11 is 5.95. The summed E-state index contributed by atoms with van der Waals surface area (Å²) in [5.74, 6) is -0.415. The van der Waals surface area contributed by atoms with Crippen molar-refractivity contribution in [1.29, 1.82) is 0 Å². The number of rotatable bonds is 2. The molecule has 0 fully saturated rings. The number of aromatic nitrogens is 2. The first-order valence-electron chi connectivity index (χ1n) is 5.15. The number of nitrogens with zero attached hydrogens (tertiary/aromatic N) is 1. The van der Waals surface area contributed by atoms with Gasteiger partial charge in [0, 0.05) is 11.1 Å². The van der Waals surface area contributed by atoms with Crippen molar-refractivity contribution in [2.75, 3.05) is 0 Å². The summed E-state index contributed by atoms with van der Waals surface area (Å²) in [7, 11) is 0. The smallest absolute Gasteiger partial charge is 0.254 e. The monoisotopic (exact) mass is 252 g/mol. The predicted molar refractivity (Wildman–Crippen MR) is 64.6 cm³/mol. The van der Waals surface area contributed by atoms with Crippen LogP contribution >= 0.6 is 11.6 Å². The fraction of sp³-hybridized carbons (Fsp3) is 0.167. The molecule has 0 saturated carbocycles. The van der Waals surface area contributed by atoms with E-state index in [9.17, 15) is 9.18 Å². The Bertz CT molecular complexity index is 610. The molecule has 0 amide bonds. The largest absolute Gasteiger partial charge is 0.313 e. The molecule has 88 valence electrons. The van der Waals surface area contributed by atoms with Gasteiger partial charge in [-0.25, -0.2) is 9.37 Å². The maximum Gasteiger partial charge on any atom is 0.254 e. The molecule has 1 aromatic carbocycles. The number of aromatic amines is 1. The van der Waals surface area contributed by atoms with Crippen LogP contribution in [0, 0.1) is 5.82 Å². The molecule has 3 nitrogen and oxygen atoms in total. The number of benzene rings is 1. The maximum absolute atomic E-state index is 13.0. The van der Waals surface area contributed by atoms with E-state index in [1.54, 1.807) is 0 Å². The quantitative estimate of drug-likeness (QED) is 0.893. The number of hydrogen-bond donors (Lipinski definition) is 1. The molecule has 0 aliphatic carbocycles. The van der Waals surface area contributed by atoms with Crippen LogP contribution < -0.4 is 5.56 Å². The molecule has 1 aromatic heterocycles. The van der Waals surface area contributed by atoms with E-state index < -0.39 is 5.82 Å². The highest BCUT2D eigenvalue weighted by molar-refractivity contribution is 6.33. The topological polar surface area (TPSA) is 45.8 Å². The normalized spacial score (nSPS) is 10.5. The third kappa shape index (κ3) is 2.22. The van der Waals surface area contributed by atoms with Crippen molar-refractivity contribution < 1.29 is 4.39 Å². The van der Waals surface area contributed by atoms with Crippen molar-refractivity contribution in [2.24, 2.45) is 0 Å². The minimum atomic E-state index is -0.415. The van der Waals surface area contributed by atoms with Gasteiger partial charge in [0.2, 0.25) is 0 Å².